The lowest BCUT2D eigenvalue weighted by molar-refractivity contribution is 0.516. The van der Waals surface area contributed by atoms with Gasteiger partial charge in [-0.2, -0.15) is 11.8 Å². The van der Waals surface area contributed by atoms with Crippen LogP contribution in [-0.4, -0.2) is 21.8 Å². The monoisotopic (exact) mass is 267 g/mol. The van der Waals surface area contributed by atoms with E-state index in [9.17, 15) is 4.79 Å². The Hall–Kier alpha value is -0.810. The molecule has 0 radical (unpaired) electrons. The number of nitrogens with two attached hydrogens (primary N) is 1. The number of nitrogens with zero attached hydrogens (tertiary/aromatic N) is 1. The van der Waals surface area contributed by atoms with Gasteiger partial charge >= 0.3 is 0 Å². The molecule has 0 saturated heterocycles. The Morgan fingerprint density at radius 1 is 1.39 bits per heavy atom. The van der Waals surface area contributed by atoms with Gasteiger partial charge in [-0.25, -0.2) is 4.98 Å². The van der Waals surface area contributed by atoms with Crippen molar-refractivity contribution in [2.75, 3.05) is 6.54 Å². The quantitative estimate of drug-likeness (QED) is 0.854. The van der Waals surface area contributed by atoms with E-state index in [0.29, 0.717) is 13.0 Å². The number of aromatic amines is 1. The molecule has 1 aromatic heterocycles. The van der Waals surface area contributed by atoms with Crippen LogP contribution in [0.1, 0.15) is 43.6 Å². The van der Waals surface area contributed by atoms with Gasteiger partial charge in [0.05, 0.1) is 5.75 Å². The molecule has 4 nitrogen and oxygen atoms in total. The Morgan fingerprint density at radius 2 is 2.17 bits per heavy atom. The standard InChI is InChI=1S/C13H21N3OS/c14-7-6-10-8-13(17)16-12(15-10)9-18-11-4-2-1-3-5-11/h8,11H,1-7,9,14H2,(H,15,16,17). The summed E-state index contributed by atoms with van der Waals surface area (Å²) in [4.78, 5) is 18.8. The topological polar surface area (TPSA) is 71.8 Å². The van der Waals surface area contributed by atoms with Crippen molar-refractivity contribution in [2.45, 2.75) is 49.5 Å². The van der Waals surface area contributed by atoms with Gasteiger partial charge < -0.3 is 10.7 Å². The summed E-state index contributed by atoms with van der Waals surface area (Å²) < 4.78 is 0. The van der Waals surface area contributed by atoms with Crippen LogP contribution < -0.4 is 11.3 Å². The highest BCUT2D eigenvalue weighted by molar-refractivity contribution is 7.99. The van der Waals surface area contributed by atoms with E-state index < -0.39 is 0 Å². The summed E-state index contributed by atoms with van der Waals surface area (Å²) in [7, 11) is 0. The number of H-pyrrole nitrogens is 1. The fraction of sp³-hybridized carbons (Fsp3) is 0.692. The first kappa shape index (κ1) is 13.6. The van der Waals surface area contributed by atoms with Crippen molar-refractivity contribution < 1.29 is 0 Å². The molecule has 0 aromatic carbocycles. The first-order valence-corrected chi connectivity index (χ1v) is 7.73. The van der Waals surface area contributed by atoms with Crippen LogP contribution in [0.4, 0.5) is 0 Å². The van der Waals surface area contributed by atoms with Crippen LogP contribution in [0.15, 0.2) is 10.9 Å². The van der Waals surface area contributed by atoms with Gasteiger partial charge in [0.1, 0.15) is 5.82 Å². The molecule has 2 rings (SSSR count). The molecule has 0 amide bonds. The van der Waals surface area contributed by atoms with Crippen molar-refractivity contribution in [1.82, 2.24) is 9.97 Å². The SMILES string of the molecule is NCCc1cc(=O)[nH]c(CSC2CCCCC2)n1. The van der Waals surface area contributed by atoms with Gasteiger partial charge in [-0.15, -0.1) is 0 Å². The first-order valence-electron chi connectivity index (χ1n) is 6.68. The Labute approximate surface area is 112 Å². The number of thioether (sulfide) groups is 1. The minimum Gasteiger partial charge on any atom is -0.330 e. The molecule has 100 valence electrons. The molecule has 1 fully saturated rings. The molecule has 0 aliphatic heterocycles. The molecule has 3 N–H and O–H groups in total. The fourth-order valence-electron chi connectivity index (χ4n) is 2.34. The number of hydrogen-bond donors (Lipinski definition) is 2. The van der Waals surface area contributed by atoms with E-state index in [4.69, 9.17) is 5.73 Å². The molecule has 1 heterocycles. The molecule has 0 atom stereocenters. The van der Waals surface area contributed by atoms with Crippen LogP contribution in [0.5, 0.6) is 0 Å². The zero-order valence-corrected chi connectivity index (χ0v) is 11.5. The van der Waals surface area contributed by atoms with Crippen molar-refractivity contribution in [3.8, 4) is 0 Å². The molecular weight excluding hydrogens is 246 g/mol. The van der Waals surface area contributed by atoms with Crippen molar-refractivity contribution >= 4 is 11.8 Å². The Balaban J connectivity index is 1.93. The Kier molecular flexibility index (Phi) is 5.26. The predicted octanol–water partition coefficient (Wildman–Crippen LogP) is 1.84. The van der Waals surface area contributed by atoms with Gasteiger partial charge in [0.25, 0.3) is 5.56 Å². The van der Waals surface area contributed by atoms with Crippen LogP contribution in [0, 0.1) is 0 Å². The van der Waals surface area contributed by atoms with Gasteiger partial charge in [-0.05, 0) is 19.4 Å². The van der Waals surface area contributed by atoms with Gasteiger partial charge in [0.2, 0.25) is 0 Å². The smallest absolute Gasteiger partial charge is 0.251 e. The van der Waals surface area contributed by atoms with Crippen molar-refractivity contribution in [1.29, 1.82) is 0 Å². The van der Waals surface area contributed by atoms with E-state index in [1.165, 1.54) is 32.1 Å². The Bertz CT molecular complexity index is 426. The van der Waals surface area contributed by atoms with Crippen LogP contribution in [0.3, 0.4) is 0 Å². The summed E-state index contributed by atoms with van der Waals surface area (Å²) in [6.45, 7) is 0.533. The third kappa shape index (κ3) is 4.14. The van der Waals surface area contributed by atoms with Gasteiger partial charge in [0.15, 0.2) is 0 Å². The minimum atomic E-state index is -0.0623. The maximum atomic E-state index is 11.5. The Morgan fingerprint density at radius 3 is 2.89 bits per heavy atom. The molecule has 1 aromatic rings. The molecule has 18 heavy (non-hydrogen) atoms. The molecule has 1 aliphatic rings. The summed E-state index contributed by atoms with van der Waals surface area (Å²) in [5.74, 6) is 1.60. The lowest BCUT2D eigenvalue weighted by Gasteiger charge is -2.20. The van der Waals surface area contributed by atoms with E-state index >= 15 is 0 Å². The van der Waals surface area contributed by atoms with Gasteiger partial charge in [-0.3, -0.25) is 4.79 Å². The van der Waals surface area contributed by atoms with Gasteiger partial charge in [-0.1, -0.05) is 19.3 Å². The number of aromatic nitrogens is 2. The average Bonchev–Trinajstić information content (AvgIpc) is 2.37. The van der Waals surface area contributed by atoms with Crippen LogP contribution in [0.25, 0.3) is 0 Å². The third-order valence-corrected chi connectivity index (χ3v) is 4.64. The van der Waals surface area contributed by atoms with E-state index in [0.717, 1.165) is 22.5 Å². The molecule has 5 heteroatoms. The largest absolute Gasteiger partial charge is 0.330 e. The second-order valence-electron chi connectivity index (χ2n) is 4.79. The third-order valence-electron chi connectivity index (χ3n) is 3.25. The van der Waals surface area contributed by atoms with E-state index in [-0.39, 0.29) is 5.56 Å². The first-order chi connectivity index (χ1) is 8.78. The summed E-state index contributed by atoms with van der Waals surface area (Å²) in [5.41, 5.74) is 6.24. The summed E-state index contributed by atoms with van der Waals surface area (Å²) in [6, 6.07) is 1.54. The summed E-state index contributed by atoms with van der Waals surface area (Å²) >= 11 is 1.92. The fourth-order valence-corrected chi connectivity index (χ4v) is 3.53. The molecule has 0 spiro atoms. The summed E-state index contributed by atoms with van der Waals surface area (Å²) in [5, 5.41) is 0.738. The maximum absolute atomic E-state index is 11.5. The molecular formula is C13H21N3OS. The van der Waals surface area contributed by atoms with Gasteiger partial charge in [0, 0.05) is 23.4 Å². The average molecular weight is 267 g/mol. The zero-order chi connectivity index (χ0) is 12.8. The highest BCUT2D eigenvalue weighted by Crippen LogP contribution is 2.29. The van der Waals surface area contributed by atoms with E-state index in [1.807, 2.05) is 11.8 Å². The normalized spacial score (nSPS) is 16.9. The lowest BCUT2D eigenvalue weighted by Crippen LogP contribution is -2.16. The minimum absolute atomic E-state index is 0.0623. The summed E-state index contributed by atoms with van der Waals surface area (Å²) in [6.07, 6.45) is 7.33. The molecule has 0 unspecified atom stereocenters. The van der Waals surface area contributed by atoms with E-state index in [2.05, 4.69) is 9.97 Å². The highest BCUT2D eigenvalue weighted by atomic mass is 32.2. The second-order valence-corrected chi connectivity index (χ2v) is 6.08. The van der Waals surface area contributed by atoms with Crippen LogP contribution >= 0.6 is 11.8 Å². The van der Waals surface area contributed by atoms with Crippen molar-refractivity contribution in [2.24, 2.45) is 5.73 Å². The highest BCUT2D eigenvalue weighted by Gasteiger charge is 2.14. The maximum Gasteiger partial charge on any atom is 0.251 e. The number of nitrogens with one attached hydrogen (secondary N) is 1. The van der Waals surface area contributed by atoms with E-state index in [1.54, 1.807) is 6.07 Å². The molecule has 1 saturated carbocycles. The van der Waals surface area contributed by atoms with Crippen molar-refractivity contribution in [3.05, 3.63) is 27.9 Å². The number of rotatable bonds is 5. The molecule has 0 bridgehead atoms. The number of hydrogen-bond acceptors (Lipinski definition) is 4. The second kappa shape index (κ2) is 6.95. The van der Waals surface area contributed by atoms with Crippen molar-refractivity contribution in [3.63, 3.8) is 0 Å². The predicted molar refractivity (Wildman–Crippen MR) is 75.8 cm³/mol. The lowest BCUT2D eigenvalue weighted by atomic mass is 10.0. The van der Waals surface area contributed by atoms with Crippen LogP contribution in [0.2, 0.25) is 0 Å². The van der Waals surface area contributed by atoms with Crippen LogP contribution in [-0.2, 0) is 12.2 Å². The zero-order valence-electron chi connectivity index (χ0n) is 10.7. The molecule has 1 aliphatic carbocycles.